The van der Waals surface area contributed by atoms with Crippen LogP contribution in [0.15, 0.2) is 12.1 Å². The molecule has 0 unspecified atom stereocenters. The number of aliphatic hydroxyl groups is 1. The number of hydrogen-bond acceptors (Lipinski definition) is 1. The van der Waals surface area contributed by atoms with Gasteiger partial charge in [-0.1, -0.05) is 17.9 Å². The van der Waals surface area contributed by atoms with Crippen LogP contribution >= 0.6 is 0 Å². The highest BCUT2D eigenvalue weighted by molar-refractivity contribution is 5.46. The van der Waals surface area contributed by atoms with Crippen molar-refractivity contribution < 1.29 is 5.11 Å². The first-order valence-corrected chi connectivity index (χ1v) is 6.34. The van der Waals surface area contributed by atoms with Gasteiger partial charge in [0.05, 0.1) is 0 Å². The Morgan fingerprint density at radius 1 is 1.00 bits per heavy atom. The molecule has 1 aromatic carbocycles. The van der Waals surface area contributed by atoms with Crippen LogP contribution in [0.2, 0.25) is 0 Å². The Labute approximate surface area is 104 Å². The highest BCUT2D eigenvalue weighted by Crippen LogP contribution is 2.28. The third-order valence-electron chi connectivity index (χ3n) is 3.70. The van der Waals surface area contributed by atoms with E-state index in [-0.39, 0.29) is 0 Å². The summed E-state index contributed by atoms with van der Waals surface area (Å²) in [6.07, 6.45) is 3.84. The molecule has 1 nitrogen and oxygen atoms in total. The fourth-order valence-electron chi connectivity index (χ4n) is 2.36. The van der Waals surface area contributed by atoms with E-state index in [2.05, 4.69) is 44.7 Å². The molecule has 0 aliphatic heterocycles. The number of aryl methyl sites for hydroxylation is 3. The number of benzene rings is 1. The van der Waals surface area contributed by atoms with E-state index in [1.165, 1.54) is 16.7 Å². The molecule has 0 aromatic heterocycles. The van der Waals surface area contributed by atoms with E-state index >= 15 is 0 Å². The Bertz CT molecular complexity index is 482. The Hall–Kier alpha value is -1.26. The second kappa shape index (κ2) is 4.55. The Morgan fingerprint density at radius 3 is 2.24 bits per heavy atom. The summed E-state index contributed by atoms with van der Waals surface area (Å²) in [5.74, 6) is 6.23. The van der Waals surface area contributed by atoms with E-state index in [0.29, 0.717) is 0 Å². The lowest BCUT2D eigenvalue weighted by atomic mass is 9.99. The minimum atomic E-state index is -0.731. The zero-order chi connectivity index (χ0) is 12.5. The average molecular weight is 228 g/mol. The molecule has 0 saturated heterocycles. The predicted octanol–water partition coefficient (Wildman–Crippen LogP) is 3.27. The van der Waals surface area contributed by atoms with Crippen molar-refractivity contribution in [2.24, 2.45) is 0 Å². The molecule has 2 rings (SSSR count). The van der Waals surface area contributed by atoms with Crippen molar-refractivity contribution in [2.75, 3.05) is 0 Å². The zero-order valence-electron chi connectivity index (χ0n) is 10.9. The highest BCUT2D eigenvalue weighted by atomic mass is 16.3. The van der Waals surface area contributed by atoms with Gasteiger partial charge in [0, 0.05) is 5.56 Å². The Morgan fingerprint density at radius 2 is 1.59 bits per heavy atom. The standard InChI is InChI=1S/C16H20O/c1-12-10-14(3)15(11-13(12)2)6-9-16(17)7-4-5-8-16/h10-11,17H,4-5,7-8H2,1-3H3. The SMILES string of the molecule is Cc1cc(C)c(C#CC2(O)CCCC2)cc1C. The summed E-state index contributed by atoms with van der Waals surface area (Å²) in [7, 11) is 0. The number of hydrogen-bond donors (Lipinski definition) is 1. The molecular weight excluding hydrogens is 208 g/mol. The summed E-state index contributed by atoms with van der Waals surface area (Å²) in [5, 5.41) is 10.2. The van der Waals surface area contributed by atoms with Gasteiger partial charge in [-0.05, 0) is 69.2 Å². The topological polar surface area (TPSA) is 20.2 Å². The van der Waals surface area contributed by atoms with E-state index in [0.717, 1.165) is 31.2 Å². The lowest BCUT2D eigenvalue weighted by Crippen LogP contribution is -2.20. The van der Waals surface area contributed by atoms with Crippen LogP contribution in [0.3, 0.4) is 0 Å². The fraction of sp³-hybridized carbons (Fsp3) is 0.500. The minimum Gasteiger partial charge on any atom is -0.378 e. The minimum absolute atomic E-state index is 0.731. The van der Waals surface area contributed by atoms with E-state index in [1.807, 2.05) is 0 Å². The smallest absolute Gasteiger partial charge is 0.125 e. The molecule has 1 aliphatic carbocycles. The normalized spacial score (nSPS) is 17.6. The van der Waals surface area contributed by atoms with Gasteiger partial charge in [0.15, 0.2) is 0 Å². The third kappa shape index (κ3) is 2.70. The van der Waals surface area contributed by atoms with Crippen LogP contribution in [0.5, 0.6) is 0 Å². The fourth-order valence-corrected chi connectivity index (χ4v) is 2.36. The summed E-state index contributed by atoms with van der Waals surface area (Å²) < 4.78 is 0. The van der Waals surface area contributed by atoms with Crippen LogP contribution in [-0.2, 0) is 0 Å². The first kappa shape index (κ1) is 12.2. The molecule has 90 valence electrons. The van der Waals surface area contributed by atoms with E-state index < -0.39 is 5.60 Å². The van der Waals surface area contributed by atoms with E-state index in [4.69, 9.17) is 0 Å². The molecule has 0 heterocycles. The van der Waals surface area contributed by atoms with Crippen LogP contribution < -0.4 is 0 Å². The summed E-state index contributed by atoms with van der Waals surface area (Å²) in [6.45, 7) is 6.30. The maximum absolute atomic E-state index is 10.2. The van der Waals surface area contributed by atoms with E-state index in [9.17, 15) is 5.11 Å². The molecule has 0 spiro atoms. The van der Waals surface area contributed by atoms with Crippen molar-refractivity contribution in [1.29, 1.82) is 0 Å². The van der Waals surface area contributed by atoms with Crippen molar-refractivity contribution in [2.45, 2.75) is 52.1 Å². The predicted molar refractivity (Wildman–Crippen MR) is 70.9 cm³/mol. The maximum atomic E-state index is 10.2. The van der Waals surface area contributed by atoms with Gasteiger partial charge in [0.1, 0.15) is 5.60 Å². The molecule has 1 N–H and O–H groups in total. The molecule has 17 heavy (non-hydrogen) atoms. The van der Waals surface area contributed by atoms with Gasteiger partial charge in [0.25, 0.3) is 0 Å². The van der Waals surface area contributed by atoms with Crippen LogP contribution in [0.1, 0.15) is 47.9 Å². The van der Waals surface area contributed by atoms with Gasteiger partial charge in [-0.25, -0.2) is 0 Å². The van der Waals surface area contributed by atoms with Gasteiger partial charge < -0.3 is 5.11 Å². The van der Waals surface area contributed by atoms with Crippen molar-refractivity contribution in [3.8, 4) is 11.8 Å². The molecule has 0 atom stereocenters. The molecule has 0 radical (unpaired) electrons. The Kier molecular flexibility index (Phi) is 3.26. The van der Waals surface area contributed by atoms with E-state index in [1.54, 1.807) is 0 Å². The van der Waals surface area contributed by atoms with Crippen molar-refractivity contribution in [3.05, 3.63) is 34.4 Å². The summed E-state index contributed by atoms with van der Waals surface area (Å²) in [6, 6.07) is 4.29. The number of rotatable bonds is 0. The zero-order valence-corrected chi connectivity index (χ0v) is 10.9. The van der Waals surface area contributed by atoms with Crippen LogP contribution in [0.25, 0.3) is 0 Å². The van der Waals surface area contributed by atoms with Gasteiger partial charge in [-0.3, -0.25) is 0 Å². The van der Waals surface area contributed by atoms with Crippen LogP contribution in [-0.4, -0.2) is 10.7 Å². The average Bonchev–Trinajstić information content (AvgIpc) is 2.69. The quantitative estimate of drug-likeness (QED) is 0.676. The molecule has 1 heteroatoms. The van der Waals surface area contributed by atoms with Crippen molar-refractivity contribution >= 4 is 0 Å². The van der Waals surface area contributed by atoms with Crippen molar-refractivity contribution in [1.82, 2.24) is 0 Å². The molecule has 0 bridgehead atoms. The van der Waals surface area contributed by atoms with Gasteiger partial charge in [-0.2, -0.15) is 0 Å². The van der Waals surface area contributed by atoms with Gasteiger partial charge >= 0.3 is 0 Å². The summed E-state index contributed by atoms with van der Waals surface area (Å²) in [5.41, 5.74) is 4.08. The molecule has 1 aromatic rings. The van der Waals surface area contributed by atoms with Gasteiger partial charge in [0.2, 0.25) is 0 Å². The maximum Gasteiger partial charge on any atom is 0.125 e. The van der Waals surface area contributed by atoms with Gasteiger partial charge in [-0.15, -0.1) is 0 Å². The lowest BCUT2D eigenvalue weighted by molar-refractivity contribution is 0.110. The summed E-state index contributed by atoms with van der Waals surface area (Å²) >= 11 is 0. The molecule has 1 aliphatic rings. The summed E-state index contributed by atoms with van der Waals surface area (Å²) in [4.78, 5) is 0. The highest BCUT2D eigenvalue weighted by Gasteiger charge is 2.28. The lowest BCUT2D eigenvalue weighted by Gasteiger charge is -2.13. The molecular formula is C16H20O. The Balaban J connectivity index is 2.30. The second-order valence-electron chi connectivity index (χ2n) is 5.24. The second-order valence-corrected chi connectivity index (χ2v) is 5.24. The van der Waals surface area contributed by atoms with Crippen LogP contribution in [0.4, 0.5) is 0 Å². The molecule has 1 saturated carbocycles. The largest absolute Gasteiger partial charge is 0.378 e. The first-order valence-electron chi connectivity index (χ1n) is 6.34. The van der Waals surface area contributed by atoms with Crippen molar-refractivity contribution in [3.63, 3.8) is 0 Å². The molecule has 0 amide bonds. The third-order valence-corrected chi connectivity index (χ3v) is 3.70. The monoisotopic (exact) mass is 228 g/mol. The first-order chi connectivity index (χ1) is 8.00. The molecule has 1 fully saturated rings. The van der Waals surface area contributed by atoms with Crippen LogP contribution in [0, 0.1) is 32.6 Å².